The third kappa shape index (κ3) is 3.42. The Morgan fingerprint density at radius 3 is 2.65 bits per heavy atom. The van der Waals surface area contributed by atoms with Gasteiger partial charge in [-0.15, -0.1) is 11.3 Å². The molecule has 0 bridgehead atoms. The Hall–Kier alpha value is -1.75. The molecular weight excluding hydrogens is 280 g/mol. The predicted molar refractivity (Wildman–Crippen MR) is 77.0 cm³/mol. The molecule has 0 fully saturated rings. The van der Waals surface area contributed by atoms with Gasteiger partial charge in [-0.3, -0.25) is 4.79 Å². The molecule has 2 nitrogen and oxygen atoms in total. The van der Waals surface area contributed by atoms with Crippen LogP contribution < -0.4 is 4.90 Å². The zero-order valence-electron chi connectivity index (χ0n) is 11.1. The lowest BCUT2D eigenvalue weighted by atomic mass is 10.2. The maximum atomic E-state index is 13.2. The summed E-state index contributed by atoms with van der Waals surface area (Å²) >= 11 is 1.60. The highest BCUT2D eigenvalue weighted by Crippen LogP contribution is 2.20. The molecule has 1 heterocycles. The van der Waals surface area contributed by atoms with Crippen LogP contribution in [0.1, 0.15) is 18.2 Å². The zero-order chi connectivity index (χ0) is 14.5. The zero-order valence-corrected chi connectivity index (χ0v) is 11.9. The van der Waals surface area contributed by atoms with E-state index in [9.17, 15) is 13.6 Å². The van der Waals surface area contributed by atoms with E-state index in [1.165, 1.54) is 11.0 Å². The molecule has 0 aliphatic heterocycles. The lowest BCUT2D eigenvalue weighted by molar-refractivity contribution is -0.118. The fraction of sp³-hybridized carbons (Fsp3) is 0.267. The molecule has 0 aliphatic rings. The number of carbonyl (C=O) groups is 1. The quantitative estimate of drug-likeness (QED) is 0.816. The van der Waals surface area contributed by atoms with E-state index in [0.717, 1.165) is 17.0 Å². The summed E-state index contributed by atoms with van der Waals surface area (Å²) in [5, 5.41) is 1.97. The van der Waals surface area contributed by atoms with Crippen LogP contribution in [0.25, 0.3) is 0 Å². The van der Waals surface area contributed by atoms with Crippen LogP contribution in [0, 0.1) is 11.6 Å². The van der Waals surface area contributed by atoms with Crippen LogP contribution in [0.3, 0.4) is 0 Å². The lowest BCUT2D eigenvalue weighted by Gasteiger charge is -2.21. The Morgan fingerprint density at radius 1 is 1.25 bits per heavy atom. The molecule has 2 aromatic rings. The molecule has 0 N–H and O–H groups in total. The van der Waals surface area contributed by atoms with Gasteiger partial charge >= 0.3 is 0 Å². The molecule has 2 rings (SSSR count). The average molecular weight is 295 g/mol. The van der Waals surface area contributed by atoms with Crippen molar-refractivity contribution in [3.05, 3.63) is 52.2 Å². The van der Waals surface area contributed by atoms with Gasteiger partial charge in [-0.05, 0) is 36.9 Å². The van der Waals surface area contributed by atoms with Gasteiger partial charge in [-0.2, -0.15) is 0 Å². The second kappa shape index (κ2) is 6.61. The second-order valence-corrected chi connectivity index (χ2v) is 5.35. The van der Waals surface area contributed by atoms with E-state index in [2.05, 4.69) is 0 Å². The van der Waals surface area contributed by atoms with Gasteiger partial charge in [-0.25, -0.2) is 8.78 Å². The van der Waals surface area contributed by atoms with Crippen LogP contribution in [0.5, 0.6) is 0 Å². The number of aryl methyl sites for hydroxylation is 1. The summed E-state index contributed by atoms with van der Waals surface area (Å²) in [7, 11) is 0. The van der Waals surface area contributed by atoms with Crippen LogP contribution in [0.4, 0.5) is 14.5 Å². The molecule has 106 valence electrons. The highest BCUT2D eigenvalue weighted by Gasteiger charge is 2.15. The summed E-state index contributed by atoms with van der Waals surface area (Å²) in [6.45, 7) is 2.23. The molecule has 0 saturated heterocycles. The van der Waals surface area contributed by atoms with E-state index in [0.29, 0.717) is 25.1 Å². The van der Waals surface area contributed by atoms with Crippen molar-refractivity contribution >= 4 is 22.9 Å². The van der Waals surface area contributed by atoms with Gasteiger partial charge in [-0.1, -0.05) is 6.07 Å². The monoisotopic (exact) mass is 295 g/mol. The number of thiophene rings is 1. The number of hydrogen-bond donors (Lipinski definition) is 0. The minimum absolute atomic E-state index is 0.0908. The molecule has 0 radical (unpaired) electrons. The number of halogens is 2. The summed E-state index contributed by atoms with van der Waals surface area (Å²) < 4.78 is 26.2. The summed E-state index contributed by atoms with van der Waals surface area (Å²) in [5.74, 6) is -1.94. The minimum Gasteiger partial charge on any atom is -0.313 e. The highest BCUT2D eigenvalue weighted by atomic mass is 32.1. The van der Waals surface area contributed by atoms with Crippen molar-refractivity contribution in [1.29, 1.82) is 0 Å². The summed E-state index contributed by atoms with van der Waals surface area (Å²) in [6.07, 6.45) is 1.02. The maximum absolute atomic E-state index is 13.2. The average Bonchev–Trinajstić information content (AvgIpc) is 2.94. The molecular formula is C15H15F2NOS. The Balaban J connectivity index is 2.06. The van der Waals surface area contributed by atoms with Gasteiger partial charge < -0.3 is 4.90 Å². The van der Waals surface area contributed by atoms with Crippen LogP contribution >= 0.6 is 11.3 Å². The Bertz CT molecular complexity index is 584. The summed E-state index contributed by atoms with van der Waals surface area (Å²) in [6, 6.07) is 7.44. The first-order chi connectivity index (χ1) is 9.61. The number of amides is 1. The Kier molecular flexibility index (Phi) is 4.84. The van der Waals surface area contributed by atoms with E-state index < -0.39 is 11.6 Å². The van der Waals surface area contributed by atoms with Crippen LogP contribution in [0.2, 0.25) is 0 Å². The first-order valence-corrected chi connectivity index (χ1v) is 7.27. The topological polar surface area (TPSA) is 20.3 Å². The highest BCUT2D eigenvalue weighted by molar-refractivity contribution is 7.09. The number of rotatable bonds is 5. The van der Waals surface area contributed by atoms with Crippen LogP contribution in [-0.2, 0) is 11.2 Å². The van der Waals surface area contributed by atoms with Crippen molar-refractivity contribution in [3.8, 4) is 0 Å². The SMILES string of the molecule is CCN(C(=O)CCc1cccs1)c1ccc(F)c(F)c1. The Morgan fingerprint density at radius 2 is 2.05 bits per heavy atom. The van der Waals surface area contributed by atoms with Crippen molar-refractivity contribution in [2.24, 2.45) is 0 Å². The lowest BCUT2D eigenvalue weighted by Crippen LogP contribution is -2.30. The first kappa shape index (κ1) is 14.7. The predicted octanol–water partition coefficient (Wildman–Crippen LogP) is 4.01. The van der Waals surface area contributed by atoms with Crippen molar-refractivity contribution in [1.82, 2.24) is 0 Å². The van der Waals surface area contributed by atoms with Crippen molar-refractivity contribution in [3.63, 3.8) is 0 Å². The number of benzene rings is 1. The fourth-order valence-corrected chi connectivity index (χ4v) is 2.68. The van der Waals surface area contributed by atoms with E-state index in [-0.39, 0.29) is 5.91 Å². The number of nitrogens with zero attached hydrogens (tertiary/aromatic N) is 1. The number of carbonyl (C=O) groups excluding carboxylic acids is 1. The molecule has 0 unspecified atom stereocenters. The molecule has 0 aliphatic carbocycles. The normalized spacial score (nSPS) is 10.6. The molecule has 1 amide bonds. The number of anilines is 1. The first-order valence-electron chi connectivity index (χ1n) is 6.39. The third-order valence-electron chi connectivity index (χ3n) is 3.00. The smallest absolute Gasteiger partial charge is 0.227 e. The molecule has 0 atom stereocenters. The van der Waals surface area contributed by atoms with Gasteiger partial charge in [0, 0.05) is 29.6 Å². The van der Waals surface area contributed by atoms with Gasteiger partial charge in [0.15, 0.2) is 11.6 Å². The standard InChI is InChI=1S/C15H15F2NOS/c1-2-18(11-5-7-13(16)14(17)10-11)15(19)8-6-12-4-3-9-20-12/h3-5,7,9-10H,2,6,8H2,1H3. The molecule has 5 heteroatoms. The van der Waals surface area contributed by atoms with Gasteiger partial charge in [0.05, 0.1) is 0 Å². The van der Waals surface area contributed by atoms with Crippen LogP contribution in [-0.4, -0.2) is 12.5 Å². The second-order valence-electron chi connectivity index (χ2n) is 4.32. The molecule has 20 heavy (non-hydrogen) atoms. The van der Waals surface area contributed by atoms with E-state index in [4.69, 9.17) is 0 Å². The van der Waals surface area contributed by atoms with Crippen molar-refractivity contribution in [2.75, 3.05) is 11.4 Å². The van der Waals surface area contributed by atoms with Crippen molar-refractivity contribution < 1.29 is 13.6 Å². The van der Waals surface area contributed by atoms with E-state index in [1.807, 2.05) is 24.4 Å². The third-order valence-corrected chi connectivity index (χ3v) is 3.93. The number of hydrogen-bond acceptors (Lipinski definition) is 2. The summed E-state index contributed by atoms with van der Waals surface area (Å²) in [5.41, 5.74) is 0.391. The van der Waals surface area contributed by atoms with Crippen molar-refractivity contribution in [2.45, 2.75) is 19.8 Å². The molecule has 1 aromatic carbocycles. The fourth-order valence-electron chi connectivity index (χ4n) is 1.98. The summed E-state index contributed by atoms with van der Waals surface area (Å²) in [4.78, 5) is 14.8. The van der Waals surface area contributed by atoms with Gasteiger partial charge in [0.25, 0.3) is 0 Å². The minimum atomic E-state index is -0.938. The van der Waals surface area contributed by atoms with Gasteiger partial charge in [0.1, 0.15) is 0 Å². The largest absolute Gasteiger partial charge is 0.313 e. The molecule has 0 saturated carbocycles. The van der Waals surface area contributed by atoms with E-state index in [1.54, 1.807) is 11.3 Å². The Labute approximate surface area is 120 Å². The molecule has 1 aromatic heterocycles. The molecule has 0 spiro atoms. The maximum Gasteiger partial charge on any atom is 0.227 e. The van der Waals surface area contributed by atoms with Crippen LogP contribution in [0.15, 0.2) is 35.7 Å². The van der Waals surface area contributed by atoms with E-state index >= 15 is 0 Å². The van der Waals surface area contributed by atoms with Gasteiger partial charge in [0.2, 0.25) is 5.91 Å².